The Hall–Kier alpha value is -2.18. The van der Waals surface area contributed by atoms with E-state index >= 15 is 0 Å². The van der Waals surface area contributed by atoms with Gasteiger partial charge in [0.25, 0.3) is 9.05 Å². The molecule has 0 bridgehead atoms. The summed E-state index contributed by atoms with van der Waals surface area (Å²) in [4.78, 5) is 8.71. The fourth-order valence-corrected chi connectivity index (χ4v) is 3.14. The van der Waals surface area contributed by atoms with Gasteiger partial charge in [-0.3, -0.25) is 4.98 Å². The third-order valence-corrected chi connectivity index (χ3v) is 4.51. The first-order valence-corrected chi connectivity index (χ1v) is 8.65. The Bertz CT molecular complexity index is 958. The minimum absolute atomic E-state index is 0.0934. The van der Waals surface area contributed by atoms with E-state index in [2.05, 4.69) is 9.97 Å². The maximum atomic E-state index is 11.7. The van der Waals surface area contributed by atoms with Gasteiger partial charge >= 0.3 is 0 Å². The summed E-state index contributed by atoms with van der Waals surface area (Å²) in [6.07, 6.45) is 1.59. The summed E-state index contributed by atoms with van der Waals surface area (Å²) in [5.41, 5.74) is 2.65. The molecular formula is C15H11ClN2O3S. The van der Waals surface area contributed by atoms with Crippen LogP contribution >= 0.6 is 10.7 Å². The average molecular weight is 335 g/mol. The predicted octanol–water partition coefficient (Wildman–Crippen LogP) is 3.23. The van der Waals surface area contributed by atoms with Crippen molar-refractivity contribution >= 4 is 30.8 Å². The zero-order valence-corrected chi connectivity index (χ0v) is 13.1. The molecule has 0 amide bonds. The lowest BCUT2D eigenvalue weighted by Gasteiger charge is -2.08. The van der Waals surface area contributed by atoms with Crippen LogP contribution in [-0.2, 0) is 9.05 Å². The van der Waals surface area contributed by atoms with E-state index < -0.39 is 9.05 Å². The van der Waals surface area contributed by atoms with E-state index in [1.54, 1.807) is 18.3 Å². The van der Waals surface area contributed by atoms with Crippen LogP contribution in [0.2, 0.25) is 0 Å². The smallest absolute Gasteiger partial charge is 0.265 e. The van der Waals surface area contributed by atoms with E-state index in [9.17, 15) is 8.42 Å². The Morgan fingerprint density at radius 2 is 1.82 bits per heavy atom. The molecule has 0 radical (unpaired) electrons. The summed E-state index contributed by atoms with van der Waals surface area (Å²) in [7, 11) is 2.92. The van der Waals surface area contributed by atoms with Crippen LogP contribution in [0.25, 0.3) is 22.3 Å². The summed E-state index contributed by atoms with van der Waals surface area (Å²) >= 11 is 0. The molecule has 0 saturated heterocycles. The van der Waals surface area contributed by atoms with Crippen molar-refractivity contribution in [2.45, 2.75) is 4.90 Å². The Kier molecular flexibility index (Phi) is 3.72. The lowest BCUT2D eigenvalue weighted by molar-refractivity contribution is 0.403. The third kappa shape index (κ3) is 2.75. The van der Waals surface area contributed by atoms with Gasteiger partial charge in [0.15, 0.2) is 0 Å². The van der Waals surface area contributed by atoms with Crippen LogP contribution in [0.5, 0.6) is 5.75 Å². The van der Waals surface area contributed by atoms with Crippen molar-refractivity contribution in [2.75, 3.05) is 7.11 Å². The summed E-state index contributed by atoms with van der Waals surface area (Å²) in [5.74, 6) is 0.187. The van der Waals surface area contributed by atoms with Gasteiger partial charge in [-0.15, -0.1) is 0 Å². The van der Waals surface area contributed by atoms with E-state index in [4.69, 9.17) is 15.4 Å². The van der Waals surface area contributed by atoms with Gasteiger partial charge in [0.2, 0.25) is 0 Å². The van der Waals surface area contributed by atoms with E-state index in [0.717, 1.165) is 11.0 Å². The topological polar surface area (TPSA) is 69.2 Å². The number of aromatic nitrogens is 2. The van der Waals surface area contributed by atoms with Crippen LogP contribution < -0.4 is 4.74 Å². The number of para-hydroxylation sites is 2. The standard InChI is InChI=1S/C15H11ClN2O3S/c1-21-14-7-6-10(8-15(14)22(16,19)20)13-9-17-11-4-2-3-5-12(11)18-13/h2-9H,1H3. The largest absolute Gasteiger partial charge is 0.495 e. The van der Waals surface area contributed by atoms with Crippen LogP contribution in [0.3, 0.4) is 0 Å². The molecule has 2 aromatic carbocycles. The molecule has 7 heteroatoms. The molecule has 3 aromatic rings. The van der Waals surface area contributed by atoms with Gasteiger partial charge in [-0.05, 0) is 30.3 Å². The molecule has 0 aliphatic heterocycles. The van der Waals surface area contributed by atoms with Crippen molar-refractivity contribution in [2.24, 2.45) is 0 Å². The van der Waals surface area contributed by atoms with E-state index in [1.165, 1.54) is 13.2 Å². The molecule has 0 fully saturated rings. The molecule has 112 valence electrons. The summed E-state index contributed by atoms with van der Waals surface area (Å²) in [5, 5.41) is 0. The molecule has 1 heterocycles. The second-order valence-corrected chi connectivity index (χ2v) is 7.08. The van der Waals surface area contributed by atoms with Gasteiger partial charge in [0.1, 0.15) is 10.6 Å². The Balaban J connectivity index is 2.18. The quantitative estimate of drug-likeness (QED) is 0.688. The van der Waals surface area contributed by atoms with Gasteiger partial charge < -0.3 is 4.74 Å². The SMILES string of the molecule is COc1ccc(-c2cnc3ccccc3n2)cc1S(=O)(=O)Cl. The third-order valence-electron chi connectivity index (χ3n) is 3.17. The van der Waals surface area contributed by atoms with Crippen LogP contribution in [-0.4, -0.2) is 25.5 Å². The number of fused-ring (bicyclic) bond motifs is 1. The van der Waals surface area contributed by atoms with Crippen molar-refractivity contribution in [3.8, 4) is 17.0 Å². The van der Waals surface area contributed by atoms with Gasteiger partial charge in [0, 0.05) is 16.2 Å². The maximum absolute atomic E-state index is 11.7. The van der Waals surface area contributed by atoms with Crippen LogP contribution in [0.4, 0.5) is 0 Å². The lowest BCUT2D eigenvalue weighted by Crippen LogP contribution is -1.97. The van der Waals surface area contributed by atoms with E-state index in [0.29, 0.717) is 11.3 Å². The number of rotatable bonds is 3. The van der Waals surface area contributed by atoms with Crippen LogP contribution in [0, 0.1) is 0 Å². The molecule has 0 N–H and O–H groups in total. The van der Waals surface area contributed by atoms with Crippen LogP contribution in [0.1, 0.15) is 0 Å². The first kappa shape index (κ1) is 14.7. The van der Waals surface area contributed by atoms with Crippen molar-refractivity contribution in [1.82, 2.24) is 9.97 Å². The predicted molar refractivity (Wildman–Crippen MR) is 84.6 cm³/mol. The number of hydrogen-bond acceptors (Lipinski definition) is 5. The average Bonchev–Trinajstić information content (AvgIpc) is 2.53. The van der Waals surface area contributed by atoms with Crippen molar-refractivity contribution in [1.29, 1.82) is 0 Å². The Labute approximate surface area is 132 Å². The minimum atomic E-state index is -3.92. The van der Waals surface area contributed by atoms with Gasteiger partial charge in [-0.25, -0.2) is 13.4 Å². The number of hydrogen-bond donors (Lipinski definition) is 0. The fourth-order valence-electron chi connectivity index (χ4n) is 2.12. The highest BCUT2D eigenvalue weighted by molar-refractivity contribution is 8.13. The second-order valence-electron chi connectivity index (χ2n) is 4.55. The second kappa shape index (κ2) is 5.55. The number of halogens is 1. The number of benzene rings is 2. The van der Waals surface area contributed by atoms with Crippen LogP contribution in [0.15, 0.2) is 53.6 Å². The van der Waals surface area contributed by atoms with E-state index in [1.807, 2.05) is 24.3 Å². The lowest BCUT2D eigenvalue weighted by atomic mass is 10.1. The highest BCUT2D eigenvalue weighted by atomic mass is 35.7. The molecule has 0 aliphatic rings. The molecule has 0 spiro atoms. The molecule has 0 unspecified atom stereocenters. The van der Waals surface area contributed by atoms with Gasteiger partial charge in [-0.2, -0.15) is 0 Å². The highest BCUT2D eigenvalue weighted by Gasteiger charge is 2.18. The summed E-state index contributed by atoms with van der Waals surface area (Å²) in [6.45, 7) is 0. The zero-order chi connectivity index (χ0) is 15.7. The Morgan fingerprint density at radius 3 is 2.50 bits per heavy atom. The first-order chi connectivity index (χ1) is 10.5. The number of methoxy groups -OCH3 is 1. The van der Waals surface area contributed by atoms with Crippen molar-refractivity contribution in [3.05, 3.63) is 48.7 Å². The van der Waals surface area contributed by atoms with E-state index in [-0.39, 0.29) is 10.6 Å². The molecule has 5 nitrogen and oxygen atoms in total. The summed E-state index contributed by atoms with van der Waals surface area (Å²) in [6, 6.07) is 12.1. The molecule has 0 saturated carbocycles. The monoisotopic (exact) mass is 334 g/mol. The molecule has 3 rings (SSSR count). The molecule has 22 heavy (non-hydrogen) atoms. The number of ether oxygens (including phenoxy) is 1. The van der Waals surface area contributed by atoms with Crippen molar-refractivity contribution < 1.29 is 13.2 Å². The molecule has 1 aromatic heterocycles. The van der Waals surface area contributed by atoms with Gasteiger partial charge in [0.05, 0.1) is 30.0 Å². The molecular weight excluding hydrogens is 324 g/mol. The molecule has 0 atom stereocenters. The fraction of sp³-hybridized carbons (Fsp3) is 0.0667. The highest BCUT2D eigenvalue weighted by Crippen LogP contribution is 2.31. The maximum Gasteiger partial charge on any atom is 0.265 e. The van der Waals surface area contributed by atoms with Crippen molar-refractivity contribution in [3.63, 3.8) is 0 Å². The molecule has 0 aliphatic carbocycles. The number of nitrogens with zero attached hydrogens (tertiary/aromatic N) is 2. The van der Waals surface area contributed by atoms with Gasteiger partial charge in [-0.1, -0.05) is 12.1 Å². The summed E-state index contributed by atoms with van der Waals surface area (Å²) < 4.78 is 28.3. The minimum Gasteiger partial charge on any atom is -0.495 e. The first-order valence-electron chi connectivity index (χ1n) is 6.34. The zero-order valence-electron chi connectivity index (χ0n) is 11.5. The Morgan fingerprint density at radius 1 is 1.09 bits per heavy atom. The normalized spacial score (nSPS) is 11.5.